The topological polar surface area (TPSA) is 32.3 Å². The normalized spacial score (nSPS) is 25.6. The molecule has 2 N–H and O–H groups in total. The van der Waals surface area contributed by atoms with Crippen LogP contribution in [0, 0.1) is 17.7 Å². The molecule has 2 nitrogen and oxygen atoms in total. The van der Waals surface area contributed by atoms with E-state index in [1.165, 1.54) is 12.1 Å². The van der Waals surface area contributed by atoms with Crippen molar-refractivity contribution in [2.45, 2.75) is 12.8 Å². The molecule has 1 heterocycles. The highest BCUT2D eigenvalue weighted by atomic mass is 19.1. The number of nitrogens with one attached hydrogen (secondary N) is 1. The Morgan fingerprint density at radius 3 is 2.69 bits per heavy atom. The van der Waals surface area contributed by atoms with E-state index in [1.54, 1.807) is 0 Å². The molecule has 2 atom stereocenters. The van der Waals surface area contributed by atoms with Crippen LogP contribution >= 0.6 is 0 Å². The molecule has 1 aromatic rings. The van der Waals surface area contributed by atoms with E-state index in [9.17, 15) is 9.50 Å². The van der Waals surface area contributed by atoms with Gasteiger partial charge in [0.2, 0.25) is 0 Å². The fourth-order valence-corrected chi connectivity index (χ4v) is 2.38. The van der Waals surface area contributed by atoms with Crippen molar-refractivity contribution in [1.29, 1.82) is 0 Å². The van der Waals surface area contributed by atoms with Gasteiger partial charge in [-0.25, -0.2) is 4.39 Å². The van der Waals surface area contributed by atoms with Gasteiger partial charge in [-0.2, -0.15) is 0 Å². The molecule has 1 aliphatic rings. The Balaban J connectivity index is 1.99. The van der Waals surface area contributed by atoms with Gasteiger partial charge in [-0.1, -0.05) is 12.1 Å². The van der Waals surface area contributed by atoms with E-state index in [2.05, 4.69) is 5.32 Å². The maximum absolute atomic E-state index is 12.8. The summed E-state index contributed by atoms with van der Waals surface area (Å²) in [6.07, 6.45) is 2.02. The fraction of sp³-hybridized carbons (Fsp3) is 0.538. The van der Waals surface area contributed by atoms with Gasteiger partial charge >= 0.3 is 0 Å². The highest BCUT2D eigenvalue weighted by Gasteiger charge is 2.24. The summed E-state index contributed by atoms with van der Waals surface area (Å²) in [4.78, 5) is 0. The molecular weight excluding hydrogens is 205 g/mol. The second-order valence-electron chi connectivity index (χ2n) is 4.53. The number of rotatable bonds is 3. The molecule has 3 heteroatoms. The van der Waals surface area contributed by atoms with Gasteiger partial charge in [0, 0.05) is 13.2 Å². The molecule has 1 aromatic carbocycles. The third-order valence-corrected chi connectivity index (χ3v) is 3.41. The number of halogens is 1. The molecule has 0 radical (unpaired) electrons. The lowest BCUT2D eigenvalue weighted by atomic mass is 9.82. The van der Waals surface area contributed by atoms with Crippen LogP contribution in [-0.2, 0) is 6.42 Å². The van der Waals surface area contributed by atoms with Gasteiger partial charge < -0.3 is 10.4 Å². The third kappa shape index (κ3) is 2.80. The van der Waals surface area contributed by atoms with Gasteiger partial charge in [0.05, 0.1) is 0 Å². The zero-order chi connectivity index (χ0) is 11.4. The number of aliphatic hydroxyl groups is 1. The number of hydrogen-bond donors (Lipinski definition) is 2. The molecule has 1 saturated heterocycles. The average Bonchev–Trinajstić information content (AvgIpc) is 2.33. The Bertz CT molecular complexity index is 325. The van der Waals surface area contributed by atoms with E-state index in [0.29, 0.717) is 11.8 Å². The maximum Gasteiger partial charge on any atom is 0.123 e. The molecule has 0 aliphatic carbocycles. The Labute approximate surface area is 95.5 Å². The van der Waals surface area contributed by atoms with Crippen molar-refractivity contribution in [3.05, 3.63) is 35.6 Å². The van der Waals surface area contributed by atoms with Gasteiger partial charge in [0.25, 0.3) is 0 Å². The van der Waals surface area contributed by atoms with Crippen LogP contribution in [0.2, 0.25) is 0 Å². The Morgan fingerprint density at radius 1 is 1.25 bits per heavy atom. The second kappa shape index (κ2) is 5.41. The number of benzene rings is 1. The van der Waals surface area contributed by atoms with Crippen molar-refractivity contribution in [1.82, 2.24) is 5.32 Å². The summed E-state index contributed by atoms with van der Waals surface area (Å²) in [5.41, 5.74) is 1.16. The highest BCUT2D eigenvalue weighted by molar-refractivity contribution is 5.17. The van der Waals surface area contributed by atoms with E-state index in [4.69, 9.17) is 0 Å². The van der Waals surface area contributed by atoms with Crippen LogP contribution in [0.15, 0.2) is 24.3 Å². The molecule has 1 fully saturated rings. The molecule has 2 unspecified atom stereocenters. The van der Waals surface area contributed by atoms with E-state index in [-0.39, 0.29) is 12.4 Å². The lowest BCUT2D eigenvalue weighted by Gasteiger charge is -2.31. The van der Waals surface area contributed by atoms with Crippen LogP contribution in [-0.4, -0.2) is 24.8 Å². The predicted molar refractivity (Wildman–Crippen MR) is 61.7 cm³/mol. The van der Waals surface area contributed by atoms with Crippen LogP contribution in [0.5, 0.6) is 0 Å². The Morgan fingerprint density at radius 2 is 2.00 bits per heavy atom. The predicted octanol–water partition coefficient (Wildman–Crippen LogP) is 1.59. The molecular formula is C13H18FNO. The van der Waals surface area contributed by atoms with Gasteiger partial charge in [0.15, 0.2) is 0 Å². The zero-order valence-corrected chi connectivity index (χ0v) is 9.32. The molecule has 88 valence electrons. The van der Waals surface area contributed by atoms with Crippen LogP contribution in [0.3, 0.4) is 0 Å². The van der Waals surface area contributed by atoms with Gasteiger partial charge in [-0.05, 0) is 48.9 Å². The van der Waals surface area contributed by atoms with Crippen molar-refractivity contribution in [3.63, 3.8) is 0 Å². The summed E-state index contributed by atoms with van der Waals surface area (Å²) in [7, 11) is 0. The molecule has 0 bridgehead atoms. The summed E-state index contributed by atoms with van der Waals surface area (Å²) in [6, 6.07) is 6.69. The first kappa shape index (κ1) is 11.6. The molecule has 16 heavy (non-hydrogen) atoms. The summed E-state index contributed by atoms with van der Waals surface area (Å²) in [6.45, 7) is 2.14. The minimum atomic E-state index is -0.187. The van der Waals surface area contributed by atoms with Crippen LogP contribution < -0.4 is 5.32 Å². The zero-order valence-electron chi connectivity index (χ0n) is 9.32. The molecule has 0 amide bonds. The summed E-state index contributed by atoms with van der Waals surface area (Å²) in [5, 5.41) is 12.6. The first-order valence-electron chi connectivity index (χ1n) is 5.85. The van der Waals surface area contributed by atoms with E-state index < -0.39 is 0 Å². The van der Waals surface area contributed by atoms with E-state index in [1.807, 2.05) is 12.1 Å². The minimum Gasteiger partial charge on any atom is -0.396 e. The number of hydrogen-bond acceptors (Lipinski definition) is 2. The van der Waals surface area contributed by atoms with Gasteiger partial charge in [-0.15, -0.1) is 0 Å². The smallest absolute Gasteiger partial charge is 0.123 e. The lowest BCUT2D eigenvalue weighted by Crippen LogP contribution is -2.39. The van der Waals surface area contributed by atoms with Crippen molar-refractivity contribution in [3.8, 4) is 0 Å². The molecule has 2 rings (SSSR count). The number of piperidine rings is 1. The van der Waals surface area contributed by atoms with Crippen molar-refractivity contribution >= 4 is 0 Å². The van der Waals surface area contributed by atoms with Crippen molar-refractivity contribution in [2.24, 2.45) is 11.8 Å². The van der Waals surface area contributed by atoms with Crippen LogP contribution in [0.4, 0.5) is 4.39 Å². The Kier molecular flexibility index (Phi) is 3.91. The lowest BCUT2D eigenvalue weighted by molar-refractivity contribution is 0.145. The quantitative estimate of drug-likeness (QED) is 0.815. The van der Waals surface area contributed by atoms with Crippen molar-refractivity contribution < 1.29 is 9.50 Å². The monoisotopic (exact) mass is 223 g/mol. The van der Waals surface area contributed by atoms with Gasteiger partial charge in [0.1, 0.15) is 5.82 Å². The standard InChI is InChI=1S/C13H18FNO/c14-13-3-1-10(2-4-13)7-11-5-6-15-8-12(11)9-16/h1-4,11-12,15-16H,5-9H2. The van der Waals surface area contributed by atoms with Crippen molar-refractivity contribution in [2.75, 3.05) is 19.7 Å². The first-order chi connectivity index (χ1) is 7.79. The summed E-state index contributed by atoms with van der Waals surface area (Å²) in [5.74, 6) is 0.656. The third-order valence-electron chi connectivity index (χ3n) is 3.41. The van der Waals surface area contributed by atoms with Crippen LogP contribution in [0.1, 0.15) is 12.0 Å². The fourth-order valence-electron chi connectivity index (χ4n) is 2.38. The molecule has 0 saturated carbocycles. The average molecular weight is 223 g/mol. The molecule has 0 aromatic heterocycles. The van der Waals surface area contributed by atoms with Gasteiger partial charge in [-0.3, -0.25) is 0 Å². The minimum absolute atomic E-state index is 0.187. The van der Waals surface area contributed by atoms with E-state index >= 15 is 0 Å². The maximum atomic E-state index is 12.8. The SMILES string of the molecule is OCC1CNCCC1Cc1ccc(F)cc1. The second-order valence-corrected chi connectivity index (χ2v) is 4.53. The summed E-state index contributed by atoms with van der Waals surface area (Å²) < 4.78 is 12.8. The largest absolute Gasteiger partial charge is 0.396 e. The van der Waals surface area contributed by atoms with E-state index in [0.717, 1.165) is 31.5 Å². The Hall–Kier alpha value is -0.930. The number of aliphatic hydroxyl groups excluding tert-OH is 1. The highest BCUT2D eigenvalue weighted by Crippen LogP contribution is 2.23. The summed E-state index contributed by atoms with van der Waals surface area (Å²) >= 11 is 0. The first-order valence-corrected chi connectivity index (χ1v) is 5.85. The molecule has 0 spiro atoms. The van der Waals surface area contributed by atoms with Crippen LogP contribution in [0.25, 0.3) is 0 Å². The molecule has 1 aliphatic heterocycles.